The van der Waals surface area contributed by atoms with Gasteiger partial charge in [0.2, 0.25) is 0 Å². The summed E-state index contributed by atoms with van der Waals surface area (Å²) in [7, 11) is 1.69. The van der Waals surface area contributed by atoms with Gasteiger partial charge in [-0.05, 0) is 79.0 Å². The summed E-state index contributed by atoms with van der Waals surface area (Å²) in [4.78, 5) is 36.2. The molecule has 2 heterocycles. The Kier molecular flexibility index (Phi) is 14.0. The molecule has 39 heavy (non-hydrogen) atoms. The number of fused-ring (bicyclic) bond motifs is 1. The minimum absolute atomic E-state index is 0. The van der Waals surface area contributed by atoms with E-state index in [-0.39, 0.29) is 20.3 Å². The van der Waals surface area contributed by atoms with Crippen molar-refractivity contribution in [1.82, 2.24) is 4.98 Å². The average Bonchev–Trinajstić information content (AvgIpc) is 3.32. The Labute approximate surface area is 243 Å². The Morgan fingerprint density at radius 2 is 1.72 bits per heavy atom. The zero-order valence-electron chi connectivity index (χ0n) is 25.0. The van der Waals surface area contributed by atoms with Gasteiger partial charge in [0.25, 0.3) is 0 Å². The highest BCUT2D eigenvalue weighted by atomic mass is 32.1. The molecule has 1 atom stereocenters. The number of thiophene rings is 1. The van der Waals surface area contributed by atoms with Crippen LogP contribution in [0.1, 0.15) is 128 Å². The summed E-state index contributed by atoms with van der Waals surface area (Å²) in [5.41, 5.74) is 6.19. The topological polar surface area (TPSA) is 59.4 Å². The first-order valence-electron chi connectivity index (χ1n) is 14.5. The van der Waals surface area contributed by atoms with E-state index in [1.807, 2.05) is 45.9 Å². The Hall–Kier alpha value is -2.92. The number of Topliss-reactive ketones (excluding diaryl/α,β-unsaturated/α-hetero) is 2. The number of aliphatic imine (C=N–C) groups is 1. The molecule has 0 saturated heterocycles. The average molecular weight is 551 g/mol. The molecule has 3 aromatic rings. The zero-order valence-corrected chi connectivity index (χ0v) is 25.8. The van der Waals surface area contributed by atoms with Crippen molar-refractivity contribution in [2.75, 3.05) is 7.05 Å². The van der Waals surface area contributed by atoms with E-state index in [1.54, 1.807) is 19.5 Å². The Balaban J connectivity index is 0.00000215. The van der Waals surface area contributed by atoms with E-state index < -0.39 is 0 Å². The smallest absolute Gasteiger partial charge is 0.182 e. The largest absolute Gasteiger partial charge is 0.296 e. The lowest BCUT2D eigenvalue weighted by atomic mass is 9.97. The van der Waals surface area contributed by atoms with Crippen molar-refractivity contribution >= 4 is 29.1 Å². The third-order valence-corrected chi connectivity index (χ3v) is 7.99. The lowest BCUT2D eigenvalue weighted by Crippen LogP contribution is -2.10. The Bertz CT molecular complexity index is 1250. The molecule has 0 fully saturated rings. The van der Waals surface area contributed by atoms with Crippen molar-refractivity contribution in [2.24, 2.45) is 4.99 Å². The molecule has 0 N–H and O–H groups in total. The number of rotatable bonds is 8. The molecule has 1 aliphatic carbocycles. The van der Waals surface area contributed by atoms with Crippen LogP contribution >= 0.6 is 11.3 Å². The first-order valence-corrected chi connectivity index (χ1v) is 15.3. The highest BCUT2D eigenvalue weighted by Gasteiger charge is 2.20. The van der Waals surface area contributed by atoms with Crippen molar-refractivity contribution in [3.63, 3.8) is 0 Å². The van der Waals surface area contributed by atoms with Crippen LogP contribution in [-0.2, 0) is 19.3 Å². The van der Waals surface area contributed by atoms with E-state index in [1.165, 1.54) is 48.1 Å². The minimum Gasteiger partial charge on any atom is -0.296 e. The van der Waals surface area contributed by atoms with Gasteiger partial charge in [0.1, 0.15) is 5.69 Å². The third kappa shape index (κ3) is 9.35. The van der Waals surface area contributed by atoms with Crippen LogP contribution in [0.3, 0.4) is 0 Å². The van der Waals surface area contributed by atoms with E-state index in [0.29, 0.717) is 18.5 Å². The van der Waals surface area contributed by atoms with Crippen molar-refractivity contribution in [3.05, 3.63) is 85.9 Å². The van der Waals surface area contributed by atoms with Gasteiger partial charge in [0, 0.05) is 45.6 Å². The molecular weight excluding hydrogens is 500 g/mol. The number of aromatic nitrogens is 1. The second-order valence-electron chi connectivity index (χ2n) is 9.98. The standard InChI is InChI=1S/C29H32N2O2S.C3H8.C2H6.2H2/c1-19-13-14-31-29(24(19)18-30-3)26(33)15-20(2)27-11-12-28(34-27)25(32)17-21-9-10-22-7-5-4-6-8-23(22)16-21;1-3-2;1-2;;/h9-14,16,18,20H,4-8,15,17H2,1-3H3;3H2,1-2H3;1-2H3;2*1H. The van der Waals surface area contributed by atoms with Crippen LogP contribution in [0.5, 0.6) is 0 Å². The summed E-state index contributed by atoms with van der Waals surface area (Å²) >= 11 is 1.51. The lowest BCUT2D eigenvalue weighted by Gasteiger charge is -2.11. The molecule has 1 aromatic carbocycles. The monoisotopic (exact) mass is 550 g/mol. The summed E-state index contributed by atoms with van der Waals surface area (Å²) in [5, 5.41) is 0. The van der Waals surface area contributed by atoms with Crippen molar-refractivity contribution in [2.45, 2.75) is 98.8 Å². The van der Waals surface area contributed by atoms with E-state index in [9.17, 15) is 9.59 Å². The molecule has 0 spiro atoms. The lowest BCUT2D eigenvalue weighted by molar-refractivity contribution is 0.0969. The van der Waals surface area contributed by atoms with Gasteiger partial charge >= 0.3 is 0 Å². The maximum Gasteiger partial charge on any atom is 0.182 e. The molecule has 0 aliphatic heterocycles. The first kappa shape index (κ1) is 32.3. The second-order valence-corrected chi connectivity index (χ2v) is 11.1. The molecule has 2 aromatic heterocycles. The molecular formula is C34H50N2O2S. The Morgan fingerprint density at radius 1 is 1.03 bits per heavy atom. The van der Waals surface area contributed by atoms with E-state index >= 15 is 0 Å². The first-order chi connectivity index (χ1) is 18.9. The van der Waals surface area contributed by atoms with Gasteiger partial charge in [0.15, 0.2) is 11.6 Å². The predicted octanol–water partition coefficient (Wildman–Crippen LogP) is 9.51. The van der Waals surface area contributed by atoms with Crippen LogP contribution in [0.2, 0.25) is 0 Å². The fourth-order valence-corrected chi connectivity index (χ4v) is 5.67. The van der Waals surface area contributed by atoms with Gasteiger partial charge in [-0.2, -0.15) is 0 Å². The van der Waals surface area contributed by atoms with Crippen LogP contribution in [-0.4, -0.2) is 29.8 Å². The second kappa shape index (κ2) is 16.9. The third-order valence-electron chi connectivity index (χ3n) is 6.64. The maximum absolute atomic E-state index is 13.0. The molecule has 1 unspecified atom stereocenters. The summed E-state index contributed by atoms with van der Waals surface area (Å²) in [5.74, 6) is 0.155. The number of nitrogens with zero attached hydrogens (tertiary/aromatic N) is 2. The van der Waals surface area contributed by atoms with E-state index in [2.05, 4.69) is 42.0 Å². The van der Waals surface area contributed by atoms with Crippen LogP contribution in [0.15, 0.2) is 47.6 Å². The van der Waals surface area contributed by atoms with E-state index in [0.717, 1.165) is 39.3 Å². The Morgan fingerprint density at radius 3 is 2.41 bits per heavy atom. The number of hydrogen-bond acceptors (Lipinski definition) is 5. The highest BCUT2D eigenvalue weighted by Crippen LogP contribution is 2.30. The van der Waals surface area contributed by atoms with Crippen LogP contribution in [0, 0.1) is 6.92 Å². The van der Waals surface area contributed by atoms with Crippen molar-refractivity contribution in [3.8, 4) is 0 Å². The number of benzene rings is 1. The molecule has 5 heteroatoms. The number of carbonyl (C=O) groups excluding carboxylic acids is 2. The van der Waals surface area contributed by atoms with Crippen molar-refractivity contribution < 1.29 is 12.4 Å². The van der Waals surface area contributed by atoms with Crippen LogP contribution in [0.4, 0.5) is 0 Å². The fourth-order valence-electron chi connectivity index (χ4n) is 4.67. The fraction of sp³-hybridized carbons (Fsp3) is 0.471. The van der Waals surface area contributed by atoms with Gasteiger partial charge in [0.05, 0.1) is 4.88 Å². The van der Waals surface area contributed by atoms with Gasteiger partial charge in [-0.25, -0.2) is 0 Å². The molecule has 0 amide bonds. The summed E-state index contributed by atoms with van der Waals surface area (Å²) in [6.45, 7) is 12.2. The minimum atomic E-state index is -0.00245. The van der Waals surface area contributed by atoms with Gasteiger partial charge in [-0.3, -0.25) is 19.6 Å². The molecule has 4 rings (SSSR count). The molecule has 214 valence electrons. The predicted molar refractivity (Wildman–Crippen MR) is 171 cm³/mol. The number of hydrogen-bond donors (Lipinski definition) is 0. The SMILES string of the molecule is CC.CCC.CN=Cc1c(C)ccnc1C(=O)CC(C)c1ccc(C(=O)Cc2ccc3c(c2)CCCCC3)s1.[HH].[HH]. The maximum atomic E-state index is 13.0. The molecule has 0 radical (unpaired) electrons. The summed E-state index contributed by atoms with van der Waals surface area (Å²) in [6.07, 6.45) is 11.4. The van der Waals surface area contributed by atoms with Crippen molar-refractivity contribution in [1.29, 1.82) is 0 Å². The van der Waals surface area contributed by atoms with Gasteiger partial charge in [-0.15, -0.1) is 11.3 Å². The summed E-state index contributed by atoms with van der Waals surface area (Å²) in [6, 6.07) is 12.4. The van der Waals surface area contributed by atoms with Crippen LogP contribution in [0.25, 0.3) is 0 Å². The molecule has 0 bridgehead atoms. The van der Waals surface area contributed by atoms with Gasteiger partial charge in [-0.1, -0.05) is 65.7 Å². The molecule has 4 nitrogen and oxygen atoms in total. The number of pyridine rings is 1. The quantitative estimate of drug-likeness (QED) is 0.159. The number of aryl methyl sites for hydroxylation is 3. The van der Waals surface area contributed by atoms with E-state index in [4.69, 9.17) is 0 Å². The number of carbonyl (C=O) groups is 2. The highest BCUT2D eigenvalue weighted by molar-refractivity contribution is 7.14. The normalized spacial score (nSPS) is 13.3. The van der Waals surface area contributed by atoms with Gasteiger partial charge < -0.3 is 0 Å². The summed E-state index contributed by atoms with van der Waals surface area (Å²) < 4.78 is 0. The van der Waals surface area contributed by atoms with Crippen LogP contribution < -0.4 is 0 Å². The number of ketones is 2. The molecule has 0 saturated carbocycles. The molecule has 1 aliphatic rings. The zero-order chi connectivity index (χ0) is 28.8.